The molecule has 0 aromatic carbocycles. The van der Waals surface area contributed by atoms with Gasteiger partial charge >= 0.3 is 0 Å². The van der Waals surface area contributed by atoms with Gasteiger partial charge in [-0.1, -0.05) is 20.8 Å². The molecular weight excluding hydrogens is 222 g/mol. The zero-order chi connectivity index (χ0) is 13.0. The van der Waals surface area contributed by atoms with E-state index in [9.17, 15) is 0 Å². The van der Waals surface area contributed by atoms with Crippen molar-refractivity contribution >= 4 is 5.69 Å². The average Bonchev–Trinajstić information content (AvgIpc) is 2.84. The van der Waals surface area contributed by atoms with Crippen LogP contribution in [0.25, 0.3) is 0 Å². The van der Waals surface area contributed by atoms with Gasteiger partial charge in [0.25, 0.3) is 0 Å². The van der Waals surface area contributed by atoms with Crippen LogP contribution in [0.5, 0.6) is 0 Å². The largest absolute Gasteiger partial charge is 0.367 e. The van der Waals surface area contributed by atoms with Gasteiger partial charge in [0.1, 0.15) is 0 Å². The van der Waals surface area contributed by atoms with Crippen molar-refractivity contribution in [2.24, 2.45) is 0 Å². The maximum Gasteiger partial charge on any atom is 0.0600 e. The summed E-state index contributed by atoms with van der Waals surface area (Å²) in [5.41, 5.74) is 2.70. The first-order chi connectivity index (χ1) is 8.72. The van der Waals surface area contributed by atoms with E-state index in [1.165, 1.54) is 37.1 Å². The number of rotatable bonds is 5. The molecule has 0 aliphatic carbocycles. The maximum absolute atomic E-state index is 4.32. The van der Waals surface area contributed by atoms with Crippen LogP contribution in [0.15, 0.2) is 18.5 Å². The number of nitrogens with one attached hydrogen (secondary N) is 1. The number of nitrogens with zero attached hydrogens (tertiary/aromatic N) is 2. The summed E-state index contributed by atoms with van der Waals surface area (Å²) in [5, 5.41) is 3.50. The molecule has 0 radical (unpaired) electrons. The van der Waals surface area contributed by atoms with Crippen LogP contribution in [-0.4, -0.2) is 23.6 Å². The Balaban J connectivity index is 2.16. The second kappa shape index (κ2) is 6.19. The van der Waals surface area contributed by atoms with Crippen LogP contribution >= 0.6 is 0 Å². The summed E-state index contributed by atoms with van der Waals surface area (Å²) >= 11 is 0. The molecule has 0 saturated carbocycles. The smallest absolute Gasteiger partial charge is 0.0600 e. The first-order valence-electron chi connectivity index (χ1n) is 7.15. The molecule has 100 valence electrons. The third kappa shape index (κ3) is 3.02. The van der Waals surface area contributed by atoms with Gasteiger partial charge in [-0.05, 0) is 30.9 Å². The second-order valence-electron chi connectivity index (χ2n) is 5.44. The van der Waals surface area contributed by atoms with Crippen molar-refractivity contribution in [2.45, 2.75) is 58.7 Å². The van der Waals surface area contributed by atoms with Gasteiger partial charge in [-0.25, -0.2) is 0 Å². The van der Waals surface area contributed by atoms with E-state index in [0.29, 0.717) is 12.1 Å². The Kier molecular flexibility index (Phi) is 4.59. The number of anilines is 1. The molecule has 3 nitrogen and oxygen atoms in total. The third-order valence-electron chi connectivity index (χ3n) is 3.75. The van der Waals surface area contributed by atoms with Crippen molar-refractivity contribution in [3.05, 3.63) is 24.0 Å². The van der Waals surface area contributed by atoms with Crippen molar-refractivity contribution in [1.82, 2.24) is 10.3 Å². The van der Waals surface area contributed by atoms with Crippen molar-refractivity contribution in [3.8, 4) is 0 Å². The standard InChI is InChI=1S/C15H25N3/c1-4-14-6-5-9-18(14)15-11-16-8-7-13(15)10-17-12(2)3/h7-8,11-12,14,17H,4-6,9-10H2,1-3H3. The van der Waals surface area contributed by atoms with Gasteiger partial charge in [-0.15, -0.1) is 0 Å². The lowest BCUT2D eigenvalue weighted by molar-refractivity contribution is 0.584. The predicted octanol–water partition coefficient (Wildman–Crippen LogP) is 2.96. The van der Waals surface area contributed by atoms with Crippen LogP contribution < -0.4 is 10.2 Å². The normalized spacial score (nSPS) is 19.8. The molecule has 0 spiro atoms. The minimum absolute atomic E-state index is 0.520. The Morgan fingerprint density at radius 3 is 3.06 bits per heavy atom. The van der Waals surface area contributed by atoms with E-state index < -0.39 is 0 Å². The first kappa shape index (κ1) is 13.3. The van der Waals surface area contributed by atoms with Crippen molar-refractivity contribution in [3.63, 3.8) is 0 Å². The van der Waals surface area contributed by atoms with E-state index in [1.54, 1.807) is 0 Å². The zero-order valence-electron chi connectivity index (χ0n) is 11.8. The molecule has 1 N–H and O–H groups in total. The van der Waals surface area contributed by atoms with E-state index in [1.807, 2.05) is 12.4 Å². The predicted molar refractivity (Wildman–Crippen MR) is 76.9 cm³/mol. The van der Waals surface area contributed by atoms with Gasteiger partial charge in [0, 0.05) is 31.4 Å². The quantitative estimate of drug-likeness (QED) is 0.867. The van der Waals surface area contributed by atoms with Crippen LogP contribution in [0, 0.1) is 0 Å². The summed E-state index contributed by atoms with van der Waals surface area (Å²) in [6, 6.07) is 3.37. The molecule has 2 heterocycles. The molecule has 0 amide bonds. The van der Waals surface area contributed by atoms with E-state index in [2.05, 4.69) is 42.0 Å². The Morgan fingerprint density at radius 1 is 1.50 bits per heavy atom. The molecular formula is C15H25N3. The van der Waals surface area contributed by atoms with E-state index >= 15 is 0 Å². The van der Waals surface area contributed by atoms with Crippen LogP contribution in [0.2, 0.25) is 0 Å². The number of pyridine rings is 1. The Labute approximate surface area is 111 Å². The SMILES string of the molecule is CCC1CCCN1c1cnccc1CNC(C)C. The summed E-state index contributed by atoms with van der Waals surface area (Å²) in [7, 11) is 0. The Bertz CT molecular complexity index is 376. The molecule has 0 bridgehead atoms. The van der Waals surface area contributed by atoms with Gasteiger partial charge in [0.2, 0.25) is 0 Å². The maximum atomic E-state index is 4.32. The van der Waals surface area contributed by atoms with Crippen molar-refractivity contribution in [2.75, 3.05) is 11.4 Å². The summed E-state index contributed by atoms with van der Waals surface area (Å²) in [4.78, 5) is 6.86. The Morgan fingerprint density at radius 2 is 2.33 bits per heavy atom. The van der Waals surface area contributed by atoms with Crippen LogP contribution in [0.1, 0.15) is 45.6 Å². The molecule has 1 fully saturated rings. The highest BCUT2D eigenvalue weighted by molar-refractivity contribution is 5.53. The van der Waals surface area contributed by atoms with Gasteiger partial charge in [0.05, 0.1) is 11.9 Å². The molecule has 1 aromatic rings. The number of hydrogen-bond acceptors (Lipinski definition) is 3. The molecule has 1 unspecified atom stereocenters. The molecule has 1 aliphatic rings. The van der Waals surface area contributed by atoms with E-state index in [4.69, 9.17) is 0 Å². The fourth-order valence-electron chi connectivity index (χ4n) is 2.71. The van der Waals surface area contributed by atoms with Gasteiger partial charge in [-0.3, -0.25) is 4.98 Å². The van der Waals surface area contributed by atoms with E-state index in [0.717, 1.165) is 6.54 Å². The molecule has 2 rings (SSSR count). The highest BCUT2D eigenvalue weighted by Crippen LogP contribution is 2.29. The fourth-order valence-corrected chi connectivity index (χ4v) is 2.71. The molecule has 1 aliphatic heterocycles. The van der Waals surface area contributed by atoms with E-state index in [-0.39, 0.29) is 0 Å². The zero-order valence-corrected chi connectivity index (χ0v) is 11.8. The summed E-state index contributed by atoms with van der Waals surface area (Å²) in [6.45, 7) is 8.77. The summed E-state index contributed by atoms with van der Waals surface area (Å²) in [6.07, 6.45) is 7.79. The minimum atomic E-state index is 0.520. The number of aromatic nitrogens is 1. The lowest BCUT2D eigenvalue weighted by atomic mass is 10.1. The van der Waals surface area contributed by atoms with Crippen molar-refractivity contribution in [1.29, 1.82) is 0 Å². The minimum Gasteiger partial charge on any atom is -0.367 e. The second-order valence-corrected chi connectivity index (χ2v) is 5.44. The summed E-state index contributed by atoms with van der Waals surface area (Å²) < 4.78 is 0. The third-order valence-corrected chi connectivity index (χ3v) is 3.75. The molecule has 1 saturated heterocycles. The lowest BCUT2D eigenvalue weighted by Gasteiger charge is -2.28. The van der Waals surface area contributed by atoms with Crippen molar-refractivity contribution < 1.29 is 0 Å². The fraction of sp³-hybridized carbons (Fsp3) is 0.667. The van der Waals surface area contributed by atoms with Gasteiger partial charge in [-0.2, -0.15) is 0 Å². The molecule has 1 atom stereocenters. The highest BCUT2D eigenvalue weighted by atomic mass is 15.2. The number of hydrogen-bond donors (Lipinski definition) is 1. The highest BCUT2D eigenvalue weighted by Gasteiger charge is 2.24. The first-order valence-corrected chi connectivity index (χ1v) is 7.15. The Hall–Kier alpha value is -1.09. The lowest BCUT2D eigenvalue weighted by Crippen LogP contribution is -2.31. The van der Waals surface area contributed by atoms with Crippen LogP contribution in [0.3, 0.4) is 0 Å². The molecule has 18 heavy (non-hydrogen) atoms. The summed E-state index contributed by atoms with van der Waals surface area (Å²) in [5.74, 6) is 0. The topological polar surface area (TPSA) is 28.2 Å². The van der Waals surface area contributed by atoms with Crippen LogP contribution in [0.4, 0.5) is 5.69 Å². The monoisotopic (exact) mass is 247 g/mol. The average molecular weight is 247 g/mol. The van der Waals surface area contributed by atoms with Gasteiger partial charge in [0.15, 0.2) is 0 Å². The van der Waals surface area contributed by atoms with Crippen LogP contribution in [-0.2, 0) is 6.54 Å². The molecule has 3 heteroatoms. The van der Waals surface area contributed by atoms with Gasteiger partial charge < -0.3 is 10.2 Å². The molecule has 1 aromatic heterocycles.